The molecule has 1 aliphatic heterocycles. The van der Waals surface area contributed by atoms with Crippen molar-refractivity contribution in [3.63, 3.8) is 0 Å². The van der Waals surface area contributed by atoms with Crippen LogP contribution in [0.25, 0.3) is 6.08 Å². The quantitative estimate of drug-likeness (QED) is 0.288. The Morgan fingerprint density at radius 3 is 2.18 bits per heavy atom. The monoisotopic (exact) mass is 511 g/mol. The summed E-state index contributed by atoms with van der Waals surface area (Å²) in [4.78, 5) is 29.3. The fourth-order valence-electron chi connectivity index (χ4n) is 4.63. The molecule has 4 rings (SSSR count). The Morgan fingerprint density at radius 1 is 0.921 bits per heavy atom. The molecule has 1 heterocycles. The number of likely N-dealkylation sites (N-methyl/N-ethyl adjacent to an activating group) is 1. The minimum Gasteiger partial charge on any atom is -0.478 e. The molecule has 1 saturated heterocycles. The zero-order chi connectivity index (χ0) is 27.3. The number of nitrogens with zero attached hydrogens (tertiary/aromatic N) is 2. The average Bonchev–Trinajstić information content (AvgIpc) is 2.91. The molecule has 3 aromatic carbocycles. The molecule has 6 heteroatoms. The summed E-state index contributed by atoms with van der Waals surface area (Å²) in [5.41, 5.74) is 5.90. The van der Waals surface area contributed by atoms with Crippen LogP contribution in [-0.4, -0.2) is 55.0 Å². The van der Waals surface area contributed by atoms with Crippen LogP contribution in [0.5, 0.6) is 0 Å². The number of benzene rings is 3. The molecule has 198 valence electrons. The first kappa shape index (κ1) is 27.1. The van der Waals surface area contributed by atoms with Gasteiger partial charge in [-0.25, -0.2) is 4.79 Å². The lowest BCUT2D eigenvalue weighted by Crippen LogP contribution is -2.45. The van der Waals surface area contributed by atoms with Gasteiger partial charge < -0.3 is 20.2 Å². The number of anilines is 2. The lowest BCUT2D eigenvalue weighted by Gasteiger charge is -2.37. The van der Waals surface area contributed by atoms with E-state index in [1.807, 2.05) is 30.3 Å². The van der Waals surface area contributed by atoms with Gasteiger partial charge in [0.25, 0.3) is 0 Å². The van der Waals surface area contributed by atoms with Crippen molar-refractivity contribution in [2.24, 2.45) is 0 Å². The Hall–Kier alpha value is -3.90. The van der Waals surface area contributed by atoms with E-state index in [1.54, 1.807) is 36.4 Å². The highest BCUT2D eigenvalue weighted by Crippen LogP contribution is 2.39. The van der Waals surface area contributed by atoms with Gasteiger partial charge in [-0.15, -0.1) is 0 Å². The Balaban J connectivity index is 1.71. The maximum atomic E-state index is 13.4. The summed E-state index contributed by atoms with van der Waals surface area (Å²) in [5.74, 6) is -1.05. The van der Waals surface area contributed by atoms with Gasteiger partial charge in [0.05, 0.1) is 16.9 Å². The first-order chi connectivity index (χ1) is 18.1. The number of hydrogen-bond acceptors (Lipinski definition) is 5. The molecule has 0 amide bonds. The molecule has 0 aliphatic carbocycles. The molecule has 1 aliphatic rings. The minimum absolute atomic E-state index is 0.0807. The van der Waals surface area contributed by atoms with Gasteiger partial charge in [-0.1, -0.05) is 69.3 Å². The molecular formula is C32H37N3O3. The molecule has 0 aromatic heterocycles. The van der Waals surface area contributed by atoms with Crippen molar-refractivity contribution in [2.45, 2.75) is 32.7 Å². The SMILES string of the molecule is CN1CCN(c2cc(C(=O)/C=C/c3ccc(C(=O)O)cc3)cc(C(C)(C)C)c2NCc2ccccc2)CC1. The predicted octanol–water partition coefficient (Wildman–Crippen LogP) is 5.94. The first-order valence-corrected chi connectivity index (χ1v) is 13.1. The van der Waals surface area contributed by atoms with Gasteiger partial charge in [0.1, 0.15) is 0 Å². The second kappa shape index (κ2) is 11.7. The molecule has 3 aromatic rings. The summed E-state index contributed by atoms with van der Waals surface area (Å²) in [6.07, 6.45) is 3.31. The summed E-state index contributed by atoms with van der Waals surface area (Å²) < 4.78 is 0. The third-order valence-electron chi connectivity index (χ3n) is 6.95. The maximum Gasteiger partial charge on any atom is 0.335 e. The molecule has 0 spiro atoms. The van der Waals surface area contributed by atoms with Gasteiger partial charge in [-0.05, 0) is 59.5 Å². The molecule has 0 unspecified atom stereocenters. The number of nitrogens with one attached hydrogen (secondary N) is 1. The number of carboxylic acids is 1. The highest BCUT2D eigenvalue weighted by atomic mass is 16.4. The smallest absolute Gasteiger partial charge is 0.335 e. The number of rotatable bonds is 8. The van der Waals surface area contributed by atoms with Crippen LogP contribution in [0, 0.1) is 0 Å². The Morgan fingerprint density at radius 2 is 1.58 bits per heavy atom. The average molecular weight is 512 g/mol. The summed E-state index contributed by atoms with van der Waals surface area (Å²) in [5, 5.41) is 12.8. The summed E-state index contributed by atoms with van der Waals surface area (Å²) in [6, 6.07) is 20.9. The second-order valence-corrected chi connectivity index (χ2v) is 10.9. The van der Waals surface area contributed by atoms with E-state index in [2.05, 4.69) is 55.1 Å². The summed E-state index contributed by atoms with van der Waals surface area (Å²) >= 11 is 0. The normalized spacial score (nSPS) is 14.6. The fraction of sp³-hybridized carbons (Fsp3) is 0.312. The van der Waals surface area contributed by atoms with E-state index < -0.39 is 5.97 Å². The van der Waals surface area contributed by atoms with Crippen LogP contribution in [0.2, 0.25) is 0 Å². The van der Waals surface area contributed by atoms with E-state index in [1.165, 1.54) is 5.56 Å². The lowest BCUT2D eigenvalue weighted by atomic mass is 9.83. The maximum absolute atomic E-state index is 13.4. The van der Waals surface area contributed by atoms with Crippen LogP contribution in [0.1, 0.15) is 58.2 Å². The molecule has 0 bridgehead atoms. The number of aromatic carboxylic acids is 1. The van der Waals surface area contributed by atoms with Gasteiger partial charge in [-0.3, -0.25) is 4.79 Å². The van der Waals surface area contributed by atoms with E-state index in [-0.39, 0.29) is 16.8 Å². The standard InChI is InChI=1S/C32H37N3O3/c1-32(2,3)27-20-26(29(36)15-12-23-10-13-25(14-11-23)31(37)38)21-28(35-18-16-34(4)17-19-35)30(27)33-22-24-8-6-5-7-9-24/h5-15,20-21,33H,16-19,22H2,1-4H3,(H,37,38)/b15-12+. The number of piperazine rings is 1. The number of allylic oxidation sites excluding steroid dienone is 1. The van der Waals surface area contributed by atoms with Crippen molar-refractivity contribution in [1.29, 1.82) is 0 Å². The molecule has 6 nitrogen and oxygen atoms in total. The predicted molar refractivity (Wildman–Crippen MR) is 155 cm³/mol. The summed E-state index contributed by atoms with van der Waals surface area (Å²) in [7, 11) is 2.14. The molecule has 0 saturated carbocycles. The second-order valence-electron chi connectivity index (χ2n) is 10.9. The van der Waals surface area contributed by atoms with Crippen LogP contribution in [0.15, 0.2) is 72.8 Å². The van der Waals surface area contributed by atoms with Gasteiger partial charge in [0.2, 0.25) is 0 Å². The van der Waals surface area contributed by atoms with Crippen molar-refractivity contribution in [3.8, 4) is 0 Å². The molecular weight excluding hydrogens is 474 g/mol. The minimum atomic E-state index is -0.969. The van der Waals surface area contributed by atoms with Crippen molar-refractivity contribution < 1.29 is 14.7 Å². The number of ketones is 1. The zero-order valence-corrected chi connectivity index (χ0v) is 22.7. The van der Waals surface area contributed by atoms with Crippen LogP contribution in [0.3, 0.4) is 0 Å². The van der Waals surface area contributed by atoms with Crippen molar-refractivity contribution in [3.05, 3.63) is 101 Å². The van der Waals surface area contributed by atoms with Gasteiger partial charge >= 0.3 is 5.97 Å². The molecule has 2 N–H and O–H groups in total. The number of hydrogen-bond donors (Lipinski definition) is 2. The van der Waals surface area contributed by atoms with Crippen LogP contribution < -0.4 is 10.2 Å². The van der Waals surface area contributed by atoms with Crippen LogP contribution >= 0.6 is 0 Å². The molecule has 0 radical (unpaired) electrons. The largest absolute Gasteiger partial charge is 0.478 e. The molecule has 38 heavy (non-hydrogen) atoms. The third-order valence-corrected chi connectivity index (χ3v) is 6.95. The Labute approximate surface area is 225 Å². The van der Waals surface area contributed by atoms with Gasteiger partial charge in [0.15, 0.2) is 5.78 Å². The van der Waals surface area contributed by atoms with E-state index in [9.17, 15) is 9.59 Å². The first-order valence-electron chi connectivity index (χ1n) is 13.1. The van der Waals surface area contributed by atoms with E-state index >= 15 is 0 Å². The van der Waals surface area contributed by atoms with Crippen molar-refractivity contribution in [2.75, 3.05) is 43.4 Å². The lowest BCUT2D eigenvalue weighted by molar-refractivity contribution is 0.0696. The highest BCUT2D eigenvalue weighted by molar-refractivity contribution is 6.08. The van der Waals surface area contributed by atoms with E-state index in [0.717, 1.165) is 48.7 Å². The van der Waals surface area contributed by atoms with Gasteiger partial charge in [0, 0.05) is 38.3 Å². The molecule has 1 fully saturated rings. The Kier molecular flexibility index (Phi) is 8.32. The third kappa shape index (κ3) is 6.69. The zero-order valence-electron chi connectivity index (χ0n) is 22.7. The topological polar surface area (TPSA) is 72.9 Å². The number of carbonyl (C=O) groups excluding carboxylic acids is 1. The van der Waals surface area contributed by atoms with Crippen LogP contribution in [0.4, 0.5) is 11.4 Å². The highest BCUT2D eigenvalue weighted by Gasteiger charge is 2.26. The van der Waals surface area contributed by atoms with E-state index in [0.29, 0.717) is 12.1 Å². The van der Waals surface area contributed by atoms with Gasteiger partial charge in [-0.2, -0.15) is 0 Å². The van der Waals surface area contributed by atoms with Crippen LogP contribution in [-0.2, 0) is 12.0 Å². The summed E-state index contributed by atoms with van der Waals surface area (Å²) in [6.45, 7) is 11.0. The van der Waals surface area contributed by atoms with Crippen molar-refractivity contribution >= 4 is 29.2 Å². The fourth-order valence-corrected chi connectivity index (χ4v) is 4.63. The van der Waals surface area contributed by atoms with E-state index in [4.69, 9.17) is 5.11 Å². The number of carbonyl (C=O) groups is 2. The van der Waals surface area contributed by atoms with Crippen molar-refractivity contribution in [1.82, 2.24) is 4.90 Å². The Bertz CT molecular complexity index is 1300. The number of carboxylic acid groups (broad SMARTS) is 1. The molecule has 0 atom stereocenters.